The van der Waals surface area contributed by atoms with Crippen LogP contribution < -0.4 is 9.80 Å². The van der Waals surface area contributed by atoms with Gasteiger partial charge in [-0.05, 0) is 121 Å². The van der Waals surface area contributed by atoms with Crippen LogP contribution in [0.2, 0.25) is 0 Å². The first-order chi connectivity index (χ1) is 26.1. The number of aryl methyl sites for hydroxylation is 2. The number of anilines is 6. The van der Waals surface area contributed by atoms with Gasteiger partial charge in [0, 0.05) is 34.1 Å². The third-order valence-electron chi connectivity index (χ3n) is 8.79. The van der Waals surface area contributed by atoms with Crippen LogP contribution in [0.25, 0.3) is 23.3 Å². The van der Waals surface area contributed by atoms with E-state index in [0.29, 0.717) is 11.1 Å². The van der Waals surface area contributed by atoms with Crippen LogP contribution in [0.3, 0.4) is 0 Å². The summed E-state index contributed by atoms with van der Waals surface area (Å²) in [5, 5.41) is 36.9. The van der Waals surface area contributed by atoms with Crippen molar-refractivity contribution < 1.29 is 19.8 Å². The second kappa shape index (κ2) is 16.1. The molecule has 2 N–H and O–H groups in total. The molecular weight excluding hydrogens is 673 g/mol. The molecule has 0 unspecified atom stereocenters. The van der Waals surface area contributed by atoms with E-state index < -0.39 is 11.9 Å². The summed E-state index contributed by atoms with van der Waals surface area (Å²) in [5.41, 5.74) is 10.4. The van der Waals surface area contributed by atoms with Gasteiger partial charge in [0.25, 0.3) is 0 Å². The van der Waals surface area contributed by atoms with E-state index in [4.69, 9.17) is 0 Å². The number of carboxylic acids is 2. The van der Waals surface area contributed by atoms with E-state index in [1.165, 1.54) is 12.2 Å². The van der Waals surface area contributed by atoms with E-state index in [-0.39, 0.29) is 11.1 Å². The van der Waals surface area contributed by atoms with E-state index in [2.05, 4.69) is 107 Å². The average molecular weight is 707 g/mol. The maximum Gasteiger partial charge on any atom is 0.346 e. The zero-order chi connectivity index (χ0) is 38.2. The van der Waals surface area contributed by atoms with E-state index in [9.17, 15) is 30.3 Å². The van der Waals surface area contributed by atoms with Crippen LogP contribution in [0.5, 0.6) is 0 Å². The van der Waals surface area contributed by atoms with Crippen molar-refractivity contribution in [3.8, 4) is 23.3 Å². The maximum absolute atomic E-state index is 11.3. The van der Waals surface area contributed by atoms with Crippen LogP contribution in [0, 0.1) is 36.5 Å². The molecule has 0 atom stereocenters. The summed E-state index contributed by atoms with van der Waals surface area (Å²) >= 11 is 0. The minimum absolute atomic E-state index is 0.332. The highest BCUT2D eigenvalue weighted by Crippen LogP contribution is 2.38. The number of nitrogens with zero attached hydrogens (tertiary/aromatic N) is 4. The van der Waals surface area contributed by atoms with Gasteiger partial charge in [0.2, 0.25) is 0 Å². The standard InChI is InChI=1S/C46H34N4O4/c1-31-3-15-39(16-4-31)49(41-19-7-33(8-20-41)27-37(29-47)45(51)52)43-23-11-35(12-24-43)36-13-25-44(26-14-36)50(40-17-5-32(2)6-18-40)42-21-9-34(10-22-42)28-38(30-48)46(53)54/h3-28H,1-2H3,(H,51,52)(H,53,54)/b37-27-,38-28-. The molecule has 0 amide bonds. The molecule has 0 aliphatic rings. The van der Waals surface area contributed by atoms with Crippen molar-refractivity contribution in [2.24, 2.45) is 0 Å². The van der Waals surface area contributed by atoms with Crippen LogP contribution in [0.1, 0.15) is 22.3 Å². The number of rotatable bonds is 11. The Morgan fingerprint density at radius 1 is 0.444 bits per heavy atom. The van der Waals surface area contributed by atoms with Gasteiger partial charge in [-0.3, -0.25) is 0 Å². The summed E-state index contributed by atoms with van der Waals surface area (Å²) in [6, 6.07) is 51.2. The van der Waals surface area contributed by atoms with E-state index in [1.807, 2.05) is 38.1 Å². The lowest BCUT2D eigenvalue weighted by atomic mass is 10.0. The molecule has 6 rings (SSSR count). The molecule has 0 heterocycles. The molecule has 6 aromatic carbocycles. The number of nitriles is 2. The van der Waals surface area contributed by atoms with Crippen molar-refractivity contribution in [1.29, 1.82) is 10.5 Å². The largest absolute Gasteiger partial charge is 0.477 e. The highest BCUT2D eigenvalue weighted by atomic mass is 16.4. The molecular formula is C46H34N4O4. The first-order valence-electron chi connectivity index (χ1n) is 17.0. The monoisotopic (exact) mass is 706 g/mol. The zero-order valence-corrected chi connectivity index (χ0v) is 29.5. The van der Waals surface area contributed by atoms with Crippen molar-refractivity contribution in [3.05, 3.63) is 179 Å². The fraction of sp³-hybridized carbons (Fsp3) is 0.0435. The lowest BCUT2D eigenvalue weighted by Crippen LogP contribution is -2.10. The summed E-state index contributed by atoms with van der Waals surface area (Å²) in [5.74, 6) is -2.53. The second-order valence-electron chi connectivity index (χ2n) is 12.6. The molecule has 8 heteroatoms. The molecule has 0 aliphatic carbocycles. The van der Waals surface area contributed by atoms with Crippen LogP contribution in [0.15, 0.2) is 157 Å². The molecule has 0 aliphatic heterocycles. The number of carbonyl (C=O) groups is 2. The highest BCUT2D eigenvalue weighted by molar-refractivity contribution is 5.97. The maximum atomic E-state index is 11.3. The summed E-state index contributed by atoms with van der Waals surface area (Å²) in [6.07, 6.45) is 2.71. The fourth-order valence-corrected chi connectivity index (χ4v) is 5.94. The molecule has 0 bridgehead atoms. The second-order valence-corrected chi connectivity index (χ2v) is 12.6. The highest BCUT2D eigenvalue weighted by Gasteiger charge is 2.16. The van der Waals surface area contributed by atoms with Gasteiger partial charge in [-0.15, -0.1) is 0 Å². The van der Waals surface area contributed by atoms with Crippen molar-refractivity contribution >= 4 is 58.2 Å². The van der Waals surface area contributed by atoms with Gasteiger partial charge in [-0.2, -0.15) is 10.5 Å². The minimum Gasteiger partial charge on any atom is -0.477 e. The van der Waals surface area contributed by atoms with Crippen LogP contribution in [-0.4, -0.2) is 22.2 Å². The molecule has 6 aromatic rings. The van der Waals surface area contributed by atoms with E-state index in [0.717, 1.165) is 56.4 Å². The van der Waals surface area contributed by atoms with Crippen LogP contribution in [-0.2, 0) is 9.59 Å². The minimum atomic E-state index is -1.27. The molecule has 0 fully saturated rings. The normalized spacial score (nSPS) is 11.3. The molecule has 54 heavy (non-hydrogen) atoms. The first kappa shape index (κ1) is 36.1. The topological polar surface area (TPSA) is 129 Å². The van der Waals surface area contributed by atoms with Gasteiger partial charge in [-0.25, -0.2) is 9.59 Å². The molecule has 0 saturated carbocycles. The molecule has 262 valence electrons. The Morgan fingerprint density at radius 2 is 0.685 bits per heavy atom. The Morgan fingerprint density at radius 3 is 0.926 bits per heavy atom. The number of aliphatic carboxylic acids is 2. The number of hydrogen-bond acceptors (Lipinski definition) is 6. The Hall–Kier alpha value is -7.68. The van der Waals surface area contributed by atoms with E-state index in [1.54, 1.807) is 36.4 Å². The molecule has 8 nitrogen and oxygen atoms in total. The van der Waals surface area contributed by atoms with Gasteiger partial charge < -0.3 is 20.0 Å². The van der Waals surface area contributed by atoms with Crippen LogP contribution >= 0.6 is 0 Å². The Bertz CT molecular complexity index is 2260. The Labute approximate surface area is 313 Å². The van der Waals surface area contributed by atoms with Crippen molar-refractivity contribution in [1.82, 2.24) is 0 Å². The van der Waals surface area contributed by atoms with Gasteiger partial charge in [0.15, 0.2) is 0 Å². The van der Waals surface area contributed by atoms with Crippen molar-refractivity contribution in [2.75, 3.05) is 9.80 Å². The fourth-order valence-electron chi connectivity index (χ4n) is 5.94. The smallest absolute Gasteiger partial charge is 0.346 e. The zero-order valence-electron chi connectivity index (χ0n) is 29.5. The van der Waals surface area contributed by atoms with Gasteiger partial charge in [-0.1, -0.05) is 83.9 Å². The van der Waals surface area contributed by atoms with Gasteiger partial charge in [0.1, 0.15) is 23.3 Å². The van der Waals surface area contributed by atoms with Crippen molar-refractivity contribution in [2.45, 2.75) is 13.8 Å². The summed E-state index contributed by atoms with van der Waals surface area (Å²) in [4.78, 5) is 26.9. The van der Waals surface area contributed by atoms with E-state index >= 15 is 0 Å². The summed E-state index contributed by atoms with van der Waals surface area (Å²) in [6.45, 7) is 4.07. The third kappa shape index (κ3) is 8.26. The number of carboxylic acid groups (broad SMARTS) is 2. The average Bonchev–Trinajstić information content (AvgIpc) is 3.19. The Balaban J connectivity index is 1.30. The lowest BCUT2D eigenvalue weighted by molar-refractivity contribution is -0.133. The SMILES string of the molecule is Cc1ccc(N(c2ccc(/C=C(/C#N)C(=O)O)cc2)c2ccc(-c3ccc(N(c4ccc(C)cc4)c4ccc(/C=C(/C#N)C(=O)O)cc4)cc3)cc2)cc1. The Kier molecular flexibility index (Phi) is 10.8. The van der Waals surface area contributed by atoms with Gasteiger partial charge in [0.05, 0.1) is 0 Å². The van der Waals surface area contributed by atoms with Gasteiger partial charge >= 0.3 is 11.9 Å². The molecule has 0 radical (unpaired) electrons. The van der Waals surface area contributed by atoms with Crippen LogP contribution in [0.4, 0.5) is 34.1 Å². The first-order valence-corrected chi connectivity index (χ1v) is 17.0. The summed E-state index contributed by atoms with van der Waals surface area (Å²) < 4.78 is 0. The lowest BCUT2D eigenvalue weighted by Gasteiger charge is -2.26. The third-order valence-corrected chi connectivity index (χ3v) is 8.79. The number of hydrogen-bond donors (Lipinski definition) is 2. The molecule has 0 saturated heterocycles. The van der Waals surface area contributed by atoms with Crippen molar-refractivity contribution in [3.63, 3.8) is 0 Å². The quantitative estimate of drug-likeness (QED) is 0.101. The molecule has 0 spiro atoms. The predicted octanol–water partition coefficient (Wildman–Crippen LogP) is 10.9. The molecule has 0 aromatic heterocycles. The number of benzene rings is 6. The predicted molar refractivity (Wildman–Crippen MR) is 213 cm³/mol. The summed E-state index contributed by atoms with van der Waals surface area (Å²) in [7, 11) is 0.